The number of rotatable bonds is 7. The van der Waals surface area contributed by atoms with E-state index in [1.54, 1.807) is 0 Å². The summed E-state index contributed by atoms with van der Waals surface area (Å²) >= 11 is 4.06. The Morgan fingerprint density at radius 3 is 2.58 bits per heavy atom. The number of nitrogens with zero attached hydrogens (tertiary/aromatic N) is 3. The molecule has 1 fully saturated rings. The highest BCUT2D eigenvalue weighted by Gasteiger charge is 2.54. The number of carbonyl (C=O) groups is 4. The summed E-state index contributed by atoms with van der Waals surface area (Å²) in [4.78, 5) is 48.6. The Kier molecular flexibility index (Phi) is 7.12. The number of alkyl halides is 3. The first-order valence-corrected chi connectivity index (χ1v) is 11.3. The maximum Gasteiger partial charge on any atom is 0.436 e. The number of aryl methyl sites for hydroxylation is 1. The molecular formula is C18H18BrF3N4O6S. The summed E-state index contributed by atoms with van der Waals surface area (Å²) in [7, 11) is 0. The Hall–Kier alpha value is -2.55. The van der Waals surface area contributed by atoms with Crippen molar-refractivity contribution in [3.05, 3.63) is 27.1 Å². The third-order valence-corrected chi connectivity index (χ3v) is 7.26. The Morgan fingerprint density at radius 2 is 2.03 bits per heavy atom. The lowest BCUT2D eigenvalue weighted by Gasteiger charge is -2.49. The number of halogens is 4. The number of thioether (sulfide) groups is 1. The smallest absolute Gasteiger partial charge is 0.436 e. The molecule has 2 aliphatic heterocycles. The molecule has 15 heteroatoms. The Labute approximate surface area is 197 Å². The van der Waals surface area contributed by atoms with Crippen molar-refractivity contribution < 1.29 is 42.2 Å². The van der Waals surface area contributed by atoms with Crippen LogP contribution in [0.4, 0.5) is 13.2 Å². The van der Waals surface area contributed by atoms with Gasteiger partial charge in [0.05, 0.1) is 16.7 Å². The number of hydrogen-bond donors (Lipinski definition) is 2. The Bertz CT molecular complexity index is 1060. The predicted molar refractivity (Wildman–Crippen MR) is 111 cm³/mol. The third-order valence-electron chi connectivity index (χ3n) is 4.97. The molecule has 0 bridgehead atoms. The number of carbonyl (C=O) groups excluding carboxylic acids is 3. The summed E-state index contributed by atoms with van der Waals surface area (Å²) in [5.74, 6) is -3.02. The lowest BCUT2D eigenvalue weighted by Crippen LogP contribution is -2.70. The van der Waals surface area contributed by atoms with Crippen molar-refractivity contribution in [2.24, 2.45) is 0 Å². The van der Waals surface area contributed by atoms with Crippen molar-refractivity contribution in [2.75, 3.05) is 12.4 Å². The second kappa shape index (κ2) is 9.37. The third kappa shape index (κ3) is 5.03. The van der Waals surface area contributed by atoms with Crippen molar-refractivity contribution in [1.29, 1.82) is 0 Å². The number of carboxylic acids is 1. The molecule has 0 spiro atoms. The van der Waals surface area contributed by atoms with Crippen LogP contribution >= 0.6 is 27.7 Å². The first kappa shape index (κ1) is 25.1. The van der Waals surface area contributed by atoms with Crippen LogP contribution in [-0.4, -0.2) is 67.3 Å². The van der Waals surface area contributed by atoms with E-state index in [0.29, 0.717) is 0 Å². The van der Waals surface area contributed by atoms with Gasteiger partial charge in [-0.3, -0.25) is 24.0 Å². The zero-order valence-corrected chi connectivity index (χ0v) is 19.6. The fraction of sp³-hybridized carbons (Fsp3) is 0.500. The van der Waals surface area contributed by atoms with Crippen LogP contribution in [0.1, 0.15) is 24.7 Å². The number of nitrogens with one attached hydrogen (secondary N) is 1. The minimum absolute atomic E-state index is 0.151. The molecule has 0 aliphatic carbocycles. The number of esters is 1. The zero-order chi connectivity index (χ0) is 24.7. The maximum absolute atomic E-state index is 13.0. The standard InChI is InChI=1S/C18H18BrF3N4O6S/c1-7-11(19)14(18(20,21)22)24-25(7)4-3-10(28)23-12-15(29)26-13(17(30)31)9(5-32-8(2)27)6-33-16(12)26/h12,16H,3-6H2,1-2H3,(H,23,28)(H,30,31)/t12-,16+/m0/s1. The maximum atomic E-state index is 13.0. The fourth-order valence-corrected chi connectivity index (χ4v) is 5.20. The van der Waals surface area contributed by atoms with Gasteiger partial charge in [-0.1, -0.05) is 0 Å². The highest BCUT2D eigenvalue weighted by molar-refractivity contribution is 9.10. The van der Waals surface area contributed by atoms with Crippen LogP contribution in [0.25, 0.3) is 0 Å². The van der Waals surface area contributed by atoms with Gasteiger partial charge in [0.15, 0.2) is 5.69 Å². The van der Waals surface area contributed by atoms with E-state index in [1.807, 2.05) is 0 Å². The molecule has 2 amide bonds. The number of aliphatic carboxylic acids is 1. The number of hydrogen-bond acceptors (Lipinski definition) is 7. The molecule has 180 valence electrons. The molecular weight excluding hydrogens is 537 g/mol. The van der Waals surface area contributed by atoms with Crippen LogP contribution in [0.2, 0.25) is 0 Å². The van der Waals surface area contributed by atoms with Crippen molar-refractivity contribution >= 4 is 51.4 Å². The summed E-state index contributed by atoms with van der Waals surface area (Å²) in [5.41, 5.74) is -0.925. The summed E-state index contributed by atoms with van der Waals surface area (Å²) < 4.78 is 44.6. The molecule has 0 unspecified atom stereocenters. The van der Waals surface area contributed by atoms with Gasteiger partial charge in [-0.2, -0.15) is 18.3 Å². The van der Waals surface area contributed by atoms with E-state index in [9.17, 15) is 37.5 Å². The van der Waals surface area contributed by atoms with Crippen molar-refractivity contribution in [3.63, 3.8) is 0 Å². The number of aromatic nitrogens is 2. The Balaban J connectivity index is 1.64. The number of carboxylic acid groups (broad SMARTS) is 1. The van der Waals surface area contributed by atoms with Crippen molar-refractivity contribution in [1.82, 2.24) is 20.0 Å². The van der Waals surface area contributed by atoms with Gasteiger partial charge in [-0.25, -0.2) is 4.79 Å². The van der Waals surface area contributed by atoms with Gasteiger partial charge in [-0.15, -0.1) is 11.8 Å². The van der Waals surface area contributed by atoms with Gasteiger partial charge in [0, 0.05) is 24.7 Å². The molecule has 0 aromatic carbocycles. The molecule has 10 nitrogen and oxygen atoms in total. The average Bonchev–Trinajstić information content (AvgIpc) is 3.02. The minimum atomic E-state index is -4.65. The molecule has 2 aliphatic rings. The van der Waals surface area contributed by atoms with E-state index in [0.717, 1.165) is 9.58 Å². The first-order chi connectivity index (χ1) is 15.3. The van der Waals surface area contributed by atoms with Gasteiger partial charge < -0.3 is 15.2 Å². The zero-order valence-electron chi connectivity index (χ0n) is 17.2. The second-order valence-corrected chi connectivity index (χ2v) is 9.11. The number of ether oxygens (including phenoxy) is 1. The molecule has 1 aromatic heterocycles. The van der Waals surface area contributed by atoms with E-state index in [1.165, 1.54) is 25.6 Å². The predicted octanol–water partition coefficient (Wildman–Crippen LogP) is 1.66. The second-order valence-electron chi connectivity index (χ2n) is 7.21. The molecule has 1 saturated heterocycles. The van der Waals surface area contributed by atoms with Crippen LogP contribution in [0, 0.1) is 6.92 Å². The molecule has 3 rings (SSSR count). The molecule has 0 radical (unpaired) electrons. The van der Waals surface area contributed by atoms with Gasteiger partial charge in [-0.05, 0) is 22.9 Å². The van der Waals surface area contributed by atoms with Gasteiger partial charge in [0.2, 0.25) is 5.91 Å². The van der Waals surface area contributed by atoms with E-state index in [4.69, 9.17) is 4.74 Å². The van der Waals surface area contributed by atoms with E-state index < -0.39 is 47.0 Å². The molecule has 2 atom stereocenters. The minimum Gasteiger partial charge on any atom is -0.477 e. The van der Waals surface area contributed by atoms with Crippen LogP contribution in [0.3, 0.4) is 0 Å². The van der Waals surface area contributed by atoms with Crippen LogP contribution in [0.15, 0.2) is 15.7 Å². The summed E-state index contributed by atoms with van der Waals surface area (Å²) in [5, 5.41) is 14.9. The lowest BCUT2D eigenvalue weighted by atomic mass is 10.0. The van der Waals surface area contributed by atoms with E-state index in [2.05, 4.69) is 26.3 Å². The topological polar surface area (TPSA) is 131 Å². The lowest BCUT2D eigenvalue weighted by molar-refractivity contribution is -0.151. The molecule has 0 saturated carbocycles. The summed E-state index contributed by atoms with van der Waals surface area (Å²) in [6, 6.07) is -0.983. The molecule has 3 heterocycles. The molecule has 1 aromatic rings. The van der Waals surface area contributed by atoms with E-state index >= 15 is 0 Å². The highest BCUT2D eigenvalue weighted by Crippen LogP contribution is 2.40. The van der Waals surface area contributed by atoms with Crippen LogP contribution in [-0.2, 0) is 36.6 Å². The van der Waals surface area contributed by atoms with Gasteiger partial charge in [0.1, 0.15) is 23.7 Å². The normalized spacial score (nSPS) is 20.3. The quantitative estimate of drug-likeness (QED) is 0.384. The largest absolute Gasteiger partial charge is 0.477 e. The van der Waals surface area contributed by atoms with Gasteiger partial charge >= 0.3 is 18.1 Å². The highest BCUT2D eigenvalue weighted by atomic mass is 79.9. The average molecular weight is 555 g/mol. The van der Waals surface area contributed by atoms with Crippen molar-refractivity contribution in [3.8, 4) is 0 Å². The molecule has 2 N–H and O–H groups in total. The number of fused-ring (bicyclic) bond motifs is 1. The van der Waals surface area contributed by atoms with Gasteiger partial charge in [0.25, 0.3) is 5.91 Å². The van der Waals surface area contributed by atoms with E-state index in [-0.39, 0.29) is 46.8 Å². The number of amides is 2. The Morgan fingerprint density at radius 1 is 1.36 bits per heavy atom. The SMILES string of the molecule is CC(=O)OCC1=C(C(=O)O)N2C(=O)[C@H](NC(=O)CCn3nc(C(F)(F)F)c(Br)c3C)[C@H]2SC1. The molecule has 33 heavy (non-hydrogen) atoms. The monoisotopic (exact) mass is 554 g/mol. The fourth-order valence-electron chi connectivity index (χ4n) is 3.36. The number of β-lactam (4-membered cyclic amide) rings is 1. The van der Waals surface area contributed by atoms with Crippen molar-refractivity contribution in [2.45, 2.75) is 44.4 Å². The first-order valence-electron chi connectivity index (χ1n) is 9.45. The van der Waals surface area contributed by atoms with Crippen LogP contribution in [0.5, 0.6) is 0 Å². The summed E-state index contributed by atoms with van der Waals surface area (Å²) in [6.07, 6.45) is -4.90. The van der Waals surface area contributed by atoms with Crippen LogP contribution < -0.4 is 5.32 Å². The summed E-state index contributed by atoms with van der Waals surface area (Å²) in [6.45, 7) is 2.18.